The summed E-state index contributed by atoms with van der Waals surface area (Å²) in [6, 6.07) is 9.95. The van der Waals surface area contributed by atoms with Gasteiger partial charge >= 0.3 is 6.03 Å². The van der Waals surface area contributed by atoms with Gasteiger partial charge in [-0.1, -0.05) is 30.3 Å². The van der Waals surface area contributed by atoms with E-state index in [1.54, 1.807) is 11.3 Å². The maximum atomic E-state index is 12.1. The van der Waals surface area contributed by atoms with Crippen molar-refractivity contribution in [3.05, 3.63) is 52.0 Å². The number of thiazole rings is 1. The Morgan fingerprint density at radius 1 is 1.38 bits per heavy atom. The third kappa shape index (κ3) is 4.55. The van der Waals surface area contributed by atoms with Crippen molar-refractivity contribution in [2.75, 3.05) is 13.2 Å². The molecule has 1 saturated heterocycles. The predicted molar refractivity (Wildman–Crippen MR) is 95.2 cm³/mol. The number of hydrogen-bond acceptors (Lipinski definition) is 4. The molecule has 128 valence electrons. The summed E-state index contributed by atoms with van der Waals surface area (Å²) < 4.78 is 5.79. The molecule has 0 spiro atoms. The van der Waals surface area contributed by atoms with E-state index in [9.17, 15) is 4.79 Å². The van der Waals surface area contributed by atoms with Gasteiger partial charge in [-0.2, -0.15) is 0 Å². The number of aromatic nitrogens is 1. The van der Waals surface area contributed by atoms with Crippen LogP contribution in [0.4, 0.5) is 4.79 Å². The summed E-state index contributed by atoms with van der Waals surface area (Å²) in [6.45, 7) is 3.32. The molecular weight excluding hydrogens is 322 g/mol. The highest BCUT2D eigenvalue weighted by molar-refractivity contribution is 7.09. The van der Waals surface area contributed by atoms with Crippen LogP contribution in [0.1, 0.15) is 35.2 Å². The topological polar surface area (TPSA) is 63.2 Å². The number of benzene rings is 1. The Hall–Kier alpha value is -1.92. The number of nitrogens with zero attached hydrogens (tertiary/aromatic N) is 1. The molecular formula is C18H23N3O2S. The molecule has 1 aliphatic heterocycles. The van der Waals surface area contributed by atoms with Crippen LogP contribution in [0.3, 0.4) is 0 Å². The van der Waals surface area contributed by atoms with Crippen LogP contribution in [0.5, 0.6) is 0 Å². The monoisotopic (exact) mass is 345 g/mol. The minimum atomic E-state index is -0.123. The molecule has 1 aromatic carbocycles. The molecule has 0 aliphatic carbocycles. The molecule has 2 atom stereocenters. The van der Waals surface area contributed by atoms with Crippen molar-refractivity contribution in [1.29, 1.82) is 0 Å². The second kappa shape index (κ2) is 8.26. The molecule has 0 bridgehead atoms. The van der Waals surface area contributed by atoms with Crippen molar-refractivity contribution in [2.45, 2.75) is 38.3 Å². The molecule has 1 fully saturated rings. The standard InChI is InChI=1S/C18H23N3O2S/c1-13-12-24-16(20-13)8-5-10-19-18(22)21-15-9-11-23-17(15)14-6-3-2-4-7-14/h2-4,6-7,12,15,17H,5,8-11H2,1H3,(H2,19,21,22). The Labute approximate surface area is 146 Å². The molecule has 5 nitrogen and oxygen atoms in total. The van der Waals surface area contributed by atoms with Crippen LogP contribution in [-0.2, 0) is 11.2 Å². The van der Waals surface area contributed by atoms with Gasteiger partial charge in [0, 0.05) is 30.6 Å². The molecule has 2 N–H and O–H groups in total. The lowest BCUT2D eigenvalue weighted by atomic mass is 10.0. The zero-order chi connectivity index (χ0) is 16.8. The number of amides is 2. The molecule has 1 aliphatic rings. The van der Waals surface area contributed by atoms with E-state index >= 15 is 0 Å². The summed E-state index contributed by atoms with van der Waals surface area (Å²) in [6.07, 6.45) is 2.57. The van der Waals surface area contributed by atoms with Gasteiger partial charge in [0.05, 0.1) is 11.0 Å². The van der Waals surface area contributed by atoms with E-state index in [0.717, 1.165) is 35.5 Å². The lowest BCUT2D eigenvalue weighted by molar-refractivity contribution is 0.0999. The Kier molecular flexibility index (Phi) is 5.82. The van der Waals surface area contributed by atoms with E-state index in [1.165, 1.54) is 0 Å². The van der Waals surface area contributed by atoms with E-state index in [2.05, 4.69) is 21.0 Å². The predicted octanol–water partition coefficient (Wildman–Crippen LogP) is 3.21. The van der Waals surface area contributed by atoms with E-state index in [-0.39, 0.29) is 18.2 Å². The summed E-state index contributed by atoms with van der Waals surface area (Å²) in [5, 5.41) is 9.15. The molecule has 2 unspecified atom stereocenters. The Morgan fingerprint density at radius 3 is 2.96 bits per heavy atom. The first-order valence-electron chi connectivity index (χ1n) is 8.34. The van der Waals surface area contributed by atoms with Crippen molar-refractivity contribution >= 4 is 17.4 Å². The van der Waals surface area contributed by atoms with Crippen LogP contribution >= 0.6 is 11.3 Å². The van der Waals surface area contributed by atoms with E-state index in [0.29, 0.717) is 13.2 Å². The van der Waals surface area contributed by atoms with Crippen molar-refractivity contribution in [1.82, 2.24) is 15.6 Å². The molecule has 0 radical (unpaired) electrons. The number of carbonyl (C=O) groups excluding carboxylic acids is 1. The number of ether oxygens (including phenoxy) is 1. The highest BCUT2D eigenvalue weighted by Gasteiger charge is 2.30. The molecule has 1 aromatic heterocycles. The molecule has 3 rings (SSSR count). The number of hydrogen-bond donors (Lipinski definition) is 2. The van der Waals surface area contributed by atoms with Crippen LogP contribution in [-0.4, -0.2) is 30.2 Å². The number of urea groups is 1. The van der Waals surface area contributed by atoms with Crippen LogP contribution < -0.4 is 10.6 Å². The van der Waals surface area contributed by atoms with E-state index < -0.39 is 0 Å². The maximum absolute atomic E-state index is 12.1. The Balaban J connectivity index is 1.41. The third-order valence-electron chi connectivity index (χ3n) is 4.06. The minimum absolute atomic E-state index is 0.0222. The average molecular weight is 345 g/mol. The van der Waals surface area contributed by atoms with Crippen LogP contribution in [0.2, 0.25) is 0 Å². The first-order valence-corrected chi connectivity index (χ1v) is 9.22. The summed E-state index contributed by atoms with van der Waals surface area (Å²) in [5.41, 5.74) is 2.17. The second-order valence-corrected chi connectivity index (χ2v) is 6.93. The fraction of sp³-hybridized carbons (Fsp3) is 0.444. The van der Waals surface area contributed by atoms with Gasteiger partial charge in [-0.25, -0.2) is 9.78 Å². The Morgan fingerprint density at radius 2 is 2.21 bits per heavy atom. The van der Waals surface area contributed by atoms with E-state index in [1.807, 2.05) is 37.3 Å². The zero-order valence-corrected chi connectivity index (χ0v) is 14.6. The average Bonchev–Trinajstić information content (AvgIpc) is 3.21. The molecule has 2 aromatic rings. The van der Waals surface area contributed by atoms with Gasteiger partial charge in [0.25, 0.3) is 0 Å². The minimum Gasteiger partial charge on any atom is -0.371 e. The fourth-order valence-corrected chi connectivity index (χ4v) is 3.71. The van der Waals surface area contributed by atoms with Gasteiger partial charge in [0.15, 0.2) is 0 Å². The third-order valence-corrected chi connectivity index (χ3v) is 5.08. The quantitative estimate of drug-likeness (QED) is 0.790. The molecule has 24 heavy (non-hydrogen) atoms. The smallest absolute Gasteiger partial charge is 0.315 e. The summed E-state index contributed by atoms with van der Waals surface area (Å²) in [7, 11) is 0. The van der Waals surface area contributed by atoms with E-state index in [4.69, 9.17) is 4.74 Å². The highest BCUT2D eigenvalue weighted by Crippen LogP contribution is 2.28. The first kappa shape index (κ1) is 16.9. The van der Waals surface area contributed by atoms with Gasteiger partial charge in [0.2, 0.25) is 0 Å². The summed E-state index contributed by atoms with van der Waals surface area (Å²) in [5.74, 6) is 0. The second-order valence-electron chi connectivity index (χ2n) is 5.98. The van der Waals surface area contributed by atoms with Crippen LogP contribution in [0, 0.1) is 6.92 Å². The summed E-state index contributed by atoms with van der Waals surface area (Å²) >= 11 is 1.68. The highest BCUT2D eigenvalue weighted by atomic mass is 32.1. The number of aryl methyl sites for hydroxylation is 2. The Bertz CT molecular complexity index is 659. The van der Waals surface area contributed by atoms with Crippen molar-refractivity contribution < 1.29 is 9.53 Å². The lowest BCUT2D eigenvalue weighted by Crippen LogP contribution is -2.43. The first-order chi connectivity index (χ1) is 11.7. The molecule has 0 saturated carbocycles. The SMILES string of the molecule is Cc1csc(CCCNC(=O)NC2CCOC2c2ccccc2)n1. The molecule has 2 heterocycles. The zero-order valence-electron chi connectivity index (χ0n) is 13.8. The van der Waals surface area contributed by atoms with Crippen LogP contribution in [0.25, 0.3) is 0 Å². The number of carbonyl (C=O) groups is 1. The lowest BCUT2D eigenvalue weighted by Gasteiger charge is -2.20. The fourth-order valence-electron chi connectivity index (χ4n) is 2.89. The number of nitrogens with one attached hydrogen (secondary N) is 2. The van der Waals surface area contributed by atoms with Gasteiger partial charge in [-0.3, -0.25) is 0 Å². The van der Waals surface area contributed by atoms with Gasteiger partial charge in [-0.05, 0) is 25.3 Å². The van der Waals surface area contributed by atoms with Crippen molar-refractivity contribution in [3.63, 3.8) is 0 Å². The van der Waals surface area contributed by atoms with Crippen molar-refractivity contribution in [3.8, 4) is 0 Å². The van der Waals surface area contributed by atoms with Gasteiger partial charge in [0.1, 0.15) is 6.10 Å². The molecule has 6 heteroatoms. The number of rotatable bonds is 6. The maximum Gasteiger partial charge on any atom is 0.315 e. The van der Waals surface area contributed by atoms with Crippen LogP contribution in [0.15, 0.2) is 35.7 Å². The summed E-state index contributed by atoms with van der Waals surface area (Å²) in [4.78, 5) is 16.5. The molecule has 2 amide bonds. The van der Waals surface area contributed by atoms with Gasteiger partial charge in [-0.15, -0.1) is 11.3 Å². The largest absolute Gasteiger partial charge is 0.371 e. The van der Waals surface area contributed by atoms with Gasteiger partial charge < -0.3 is 15.4 Å². The van der Waals surface area contributed by atoms with Crippen molar-refractivity contribution in [2.24, 2.45) is 0 Å². The normalized spacial score (nSPS) is 20.0.